The van der Waals surface area contributed by atoms with E-state index in [1.54, 1.807) is 41.4 Å². The van der Waals surface area contributed by atoms with Gasteiger partial charge in [-0.3, -0.25) is 4.79 Å². The van der Waals surface area contributed by atoms with Crippen molar-refractivity contribution in [3.05, 3.63) is 72.4 Å². The summed E-state index contributed by atoms with van der Waals surface area (Å²) in [7, 11) is -4.05. The van der Waals surface area contributed by atoms with Crippen molar-refractivity contribution in [2.45, 2.75) is 36.2 Å². The van der Waals surface area contributed by atoms with Crippen LogP contribution in [0.15, 0.2) is 71.8 Å². The zero-order valence-electron chi connectivity index (χ0n) is 18.8. The molecule has 0 unspecified atom stereocenters. The zero-order valence-corrected chi connectivity index (χ0v) is 19.7. The topological polar surface area (TPSA) is 129 Å². The lowest BCUT2D eigenvalue weighted by Gasteiger charge is -2.23. The molecule has 5 rings (SSSR count). The molecule has 3 N–H and O–H groups in total. The van der Waals surface area contributed by atoms with Gasteiger partial charge < -0.3 is 19.8 Å². The Labute approximate surface area is 203 Å². The van der Waals surface area contributed by atoms with Gasteiger partial charge in [-0.25, -0.2) is 0 Å². The number of aromatic amines is 1. The first-order chi connectivity index (χ1) is 16.9. The van der Waals surface area contributed by atoms with Crippen molar-refractivity contribution in [3.8, 4) is 11.8 Å². The number of benzene rings is 3. The van der Waals surface area contributed by atoms with Gasteiger partial charge >= 0.3 is 10.1 Å². The smallest absolute Gasteiger partial charge is 0.339 e. The highest BCUT2D eigenvalue weighted by molar-refractivity contribution is 7.87. The summed E-state index contributed by atoms with van der Waals surface area (Å²) in [5.74, 6) is -0.0924. The summed E-state index contributed by atoms with van der Waals surface area (Å²) in [6, 6.07) is 18.2. The van der Waals surface area contributed by atoms with Gasteiger partial charge in [0.25, 0.3) is 0 Å². The average Bonchev–Trinajstić information content (AvgIpc) is 3.50. The molecule has 4 aromatic rings. The summed E-state index contributed by atoms with van der Waals surface area (Å²) in [5.41, 5.74) is 7.75. The summed E-state index contributed by atoms with van der Waals surface area (Å²) < 4.78 is 31.4. The minimum absolute atomic E-state index is 0.0656. The minimum Gasteiger partial charge on any atom is -0.379 e. The highest BCUT2D eigenvalue weighted by atomic mass is 32.2. The molecule has 0 bridgehead atoms. The highest BCUT2D eigenvalue weighted by Crippen LogP contribution is 2.28. The van der Waals surface area contributed by atoms with Crippen LogP contribution in [0.1, 0.15) is 18.4 Å². The van der Waals surface area contributed by atoms with Gasteiger partial charge in [0.1, 0.15) is 16.7 Å². The predicted molar refractivity (Wildman–Crippen MR) is 132 cm³/mol. The van der Waals surface area contributed by atoms with Crippen LogP contribution in [0, 0.1) is 11.3 Å². The lowest BCUT2D eigenvalue weighted by atomic mass is 10.0. The molecule has 8 nitrogen and oxygen atoms in total. The number of nitriles is 1. The molecule has 1 fully saturated rings. The first-order valence-corrected chi connectivity index (χ1v) is 12.8. The van der Waals surface area contributed by atoms with E-state index in [0.29, 0.717) is 13.0 Å². The Morgan fingerprint density at radius 1 is 1.17 bits per heavy atom. The maximum atomic E-state index is 13.0. The predicted octanol–water partition coefficient (Wildman–Crippen LogP) is 3.47. The maximum absolute atomic E-state index is 13.0. The summed E-state index contributed by atoms with van der Waals surface area (Å²) in [5, 5.41) is 11.7. The lowest BCUT2D eigenvalue weighted by Crippen LogP contribution is -2.46. The van der Waals surface area contributed by atoms with Gasteiger partial charge in [-0.05, 0) is 65.9 Å². The third-order valence-electron chi connectivity index (χ3n) is 6.40. The van der Waals surface area contributed by atoms with E-state index in [2.05, 4.69) is 11.1 Å². The number of hydrogen-bond donors (Lipinski definition) is 2. The number of fused-ring (bicyclic) bond motifs is 2. The van der Waals surface area contributed by atoms with Crippen molar-refractivity contribution in [3.63, 3.8) is 0 Å². The Balaban J connectivity index is 1.37. The number of nitrogens with one attached hydrogen (secondary N) is 1. The zero-order chi connectivity index (χ0) is 24.6. The Morgan fingerprint density at radius 3 is 2.77 bits per heavy atom. The lowest BCUT2D eigenvalue weighted by molar-refractivity contribution is -0.132. The van der Waals surface area contributed by atoms with Crippen LogP contribution in [0.5, 0.6) is 5.75 Å². The molecule has 35 heavy (non-hydrogen) atoms. The molecule has 1 aliphatic rings. The standard InChI is InChI=1S/C26H24N4O4S/c27-15-20-6-3-11-30(20)26(31)24(28)13-19-16-29-25-10-8-21(14-23(19)25)34-35(32,33)22-9-7-17-4-1-2-5-18(17)12-22/h1-2,4-5,7-10,12,14,16,20,24,29H,3,6,11,13,28H2/t20-,24+/m0/s1. The van der Waals surface area contributed by atoms with Gasteiger partial charge in [-0.2, -0.15) is 13.7 Å². The molecule has 0 radical (unpaired) electrons. The number of H-pyrrole nitrogens is 1. The number of nitrogens with zero attached hydrogens (tertiary/aromatic N) is 2. The van der Waals surface area contributed by atoms with E-state index in [1.165, 1.54) is 6.07 Å². The van der Waals surface area contributed by atoms with Crippen LogP contribution in [-0.2, 0) is 21.3 Å². The van der Waals surface area contributed by atoms with Crippen LogP contribution in [0.25, 0.3) is 21.7 Å². The second-order valence-electron chi connectivity index (χ2n) is 8.70. The number of likely N-dealkylation sites (tertiary alicyclic amines) is 1. The van der Waals surface area contributed by atoms with Gasteiger partial charge in [0, 0.05) is 23.6 Å². The van der Waals surface area contributed by atoms with Crippen molar-refractivity contribution in [2.24, 2.45) is 5.73 Å². The van der Waals surface area contributed by atoms with Crippen LogP contribution in [0.2, 0.25) is 0 Å². The fourth-order valence-corrected chi connectivity index (χ4v) is 5.54. The van der Waals surface area contributed by atoms with Gasteiger partial charge in [-0.1, -0.05) is 30.3 Å². The Hall–Kier alpha value is -3.87. The van der Waals surface area contributed by atoms with Crippen molar-refractivity contribution in [1.29, 1.82) is 5.26 Å². The van der Waals surface area contributed by atoms with Crippen molar-refractivity contribution >= 4 is 37.7 Å². The van der Waals surface area contributed by atoms with Crippen LogP contribution in [0.4, 0.5) is 0 Å². The summed E-state index contributed by atoms with van der Waals surface area (Å²) >= 11 is 0. The molecular formula is C26H24N4O4S. The number of hydrogen-bond acceptors (Lipinski definition) is 6. The molecule has 1 amide bonds. The number of amides is 1. The van der Waals surface area contributed by atoms with Gasteiger partial charge in [-0.15, -0.1) is 0 Å². The molecule has 178 valence electrons. The van der Waals surface area contributed by atoms with E-state index in [0.717, 1.165) is 33.7 Å². The van der Waals surface area contributed by atoms with Gasteiger partial charge in [0.15, 0.2) is 0 Å². The third-order valence-corrected chi connectivity index (χ3v) is 7.64. The average molecular weight is 489 g/mol. The molecule has 3 aromatic carbocycles. The molecular weight excluding hydrogens is 464 g/mol. The van der Waals surface area contributed by atoms with Crippen molar-refractivity contribution in [2.75, 3.05) is 6.54 Å². The molecule has 1 aliphatic heterocycles. The van der Waals surface area contributed by atoms with Gasteiger partial charge in [0.2, 0.25) is 5.91 Å². The Morgan fingerprint density at radius 2 is 1.97 bits per heavy atom. The summed E-state index contributed by atoms with van der Waals surface area (Å²) in [6.07, 6.45) is 3.45. The largest absolute Gasteiger partial charge is 0.379 e. The first kappa shape index (κ1) is 22.9. The van der Waals surface area contributed by atoms with Crippen LogP contribution in [-0.4, -0.2) is 42.8 Å². The first-order valence-electron chi connectivity index (χ1n) is 11.3. The fraction of sp³-hybridized carbons (Fsp3) is 0.231. The number of nitrogens with two attached hydrogens (primary N) is 1. The van der Waals surface area contributed by atoms with Crippen LogP contribution in [0.3, 0.4) is 0 Å². The van der Waals surface area contributed by atoms with E-state index >= 15 is 0 Å². The van der Waals surface area contributed by atoms with E-state index in [4.69, 9.17) is 9.92 Å². The summed E-state index contributed by atoms with van der Waals surface area (Å²) in [4.78, 5) is 17.6. The number of carbonyl (C=O) groups is 1. The van der Waals surface area contributed by atoms with E-state index in [9.17, 15) is 18.5 Å². The normalized spacial score (nSPS) is 16.9. The van der Waals surface area contributed by atoms with Gasteiger partial charge in [0.05, 0.1) is 12.1 Å². The number of aromatic nitrogens is 1. The third kappa shape index (κ3) is 4.46. The molecule has 2 atom stereocenters. The molecule has 9 heteroatoms. The second kappa shape index (κ2) is 9.06. The van der Waals surface area contributed by atoms with Crippen LogP contribution < -0.4 is 9.92 Å². The van der Waals surface area contributed by atoms with E-state index in [-0.39, 0.29) is 23.0 Å². The Bertz CT molecular complexity index is 1570. The van der Waals surface area contributed by atoms with E-state index in [1.807, 2.05) is 24.3 Å². The van der Waals surface area contributed by atoms with Crippen molar-refractivity contribution in [1.82, 2.24) is 9.88 Å². The maximum Gasteiger partial charge on any atom is 0.339 e. The highest BCUT2D eigenvalue weighted by Gasteiger charge is 2.32. The number of carbonyl (C=O) groups excluding carboxylic acids is 1. The molecule has 1 saturated heterocycles. The fourth-order valence-electron chi connectivity index (χ4n) is 4.58. The molecule has 1 aromatic heterocycles. The van der Waals surface area contributed by atoms with Crippen LogP contribution >= 0.6 is 0 Å². The molecule has 2 heterocycles. The summed E-state index contributed by atoms with van der Waals surface area (Å²) in [6.45, 7) is 0.531. The molecule has 0 saturated carbocycles. The number of rotatable bonds is 6. The SMILES string of the molecule is N#C[C@@H]1CCCN1C(=O)[C@H](N)Cc1c[nH]c2ccc(OS(=O)(=O)c3ccc4ccccc4c3)cc12. The Kier molecular flexibility index (Phi) is 5.93. The van der Waals surface area contributed by atoms with E-state index < -0.39 is 22.2 Å². The minimum atomic E-state index is -4.05. The molecule has 0 spiro atoms. The van der Waals surface area contributed by atoms with Crippen molar-refractivity contribution < 1.29 is 17.4 Å². The molecule has 0 aliphatic carbocycles. The monoisotopic (exact) mass is 488 g/mol. The second-order valence-corrected chi connectivity index (χ2v) is 10.2. The quantitative estimate of drug-likeness (QED) is 0.400.